The van der Waals surface area contributed by atoms with Gasteiger partial charge in [-0.2, -0.15) is 5.10 Å². The maximum Gasteiger partial charge on any atom is 0.148 e. The standard InChI is InChI=1S/C18H24N4OS/c1-14-5-6-17(21-20-14)19-15-10-18(23-12-15)7-3-8-22(13-18)11-16-4-2-9-24-16/h2,4-6,9,15H,3,7-8,10-13H2,1H3,(H,19,21)/t15-,18-/m0/s1. The molecule has 0 aliphatic carbocycles. The molecule has 2 aliphatic heterocycles. The molecule has 0 bridgehead atoms. The molecule has 24 heavy (non-hydrogen) atoms. The van der Waals surface area contributed by atoms with E-state index in [2.05, 4.69) is 37.9 Å². The van der Waals surface area contributed by atoms with Crippen LogP contribution >= 0.6 is 11.3 Å². The molecule has 0 saturated carbocycles. The second kappa shape index (κ2) is 6.78. The predicted molar refractivity (Wildman–Crippen MR) is 96.3 cm³/mol. The molecule has 0 unspecified atom stereocenters. The summed E-state index contributed by atoms with van der Waals surface area (Å²) < 4.78 is 6.29. The molecule has 4 heterocycles. The summed E-state index contributed by atoms with van der Waals surface area (Å²) in [6.07, 6.45) is 3.41. The van der Waals surface area contributed by atoms with Crippen molar-refractivity contribution in [2.45, 2.75) is 44.4 Å². The Morgan fingerprint density at radius 1 is 1.38 bits per heavy atom. The number of nitrogens with one attached hydrogen (secondary N) is 1. The van der Waals surface area contributed by atoms with E-state index in [9.17, 15) is 0 Å². The van der Waals surface area contributed by atoms with Gasteiger partial charge in [0.25, 0.3) is 0 Å². The summed E-state index contributed by atoms with van der Waals surface area (Å²) in [5, 5.41) is 14.0. The highest BCUT2D eigenvalue weighted by Gasteiger charge is 2.43. The Morgan fingerprint density at radius 3 is 3.12 bits per heavy atom. The van der Waals surface area contributed by atoms with Crippen LogP contribution < -0.4 is 5.32 Å². The summed E-state index contributed by atoms with van der Waals surface area (Å²) in [5.74, 6) is 0.845. The van der Waals surface area contributed by atoms with E-state index < -0.39 is 0 Å². The fourth-order valence-corrected chi connectivity index (χ4v) is 4.60. The fourth-order valence-electron chi connectivity index (χ4n) is 3.85. The second-order valence-corrected chi connectivity index (χ2v) is 8.03. The van der Waals surface area contributed by atoms with E-state index in [1.807, 2.05) is 30.4 Å². The van der Waals surface area contributed by atoms with Crippen molar-refractivity contribution in [2.75, 3.05) is 25.0 Å². The lowest BCUT2D eigenvalue weighted by atomic mass is 9.88. The van der Waals surface area contributed by atoms with E-state index in [1.54, 1.807) is 0 Å². The van der Waals surface area contributed by atoms with Gasteiger partial charge in [-0.1, -0.05) is 6.07 Å². The van der Waals surface area contributed by atoms with Gasteiger partial charge in [-0.25, -0.2) is 0 Å². The molecule has 0 radical (unpaired) electrons. The number of rotatable bonds is 4. The Kier molecular flexibility index (Phi) is 4.52. The van der Waals surface area contributed by atoms with Gasteiger partial charge < -0.3 is 10.1 Å². The third-order valence-corrected chi connectivity index (χ3v) is 5.80. The number of aryl methyl sites for hydroxylation is 1. The van der Waals surface area contributed by atoms with Gasteiger partial charge in [-0.3, -0.25) is 4.90 Å². The zero-order valence-electron chi connectivity index (χ0n) is 14.1. The monoisotopic (exact) mass is 344 g/mol. The van der Waals surface area contributed by atoms with E-state index in [0.29, 0.717) is 6.04 Å². The second-order valence-electron chi connectivity index (χ2n) is 6.99. The molecule has 2 aromatic heterocycles. The minimum absolute atomic E-state index is 0.00526. The molecule has 2 saturated heterocycles. The van der Waals surface area contributed by atoms with Gasteiger partial charge in [-0.05, 0) is 49.9 Å². The summed E-state index contributed by atoms with van der Waals surface area (Å²) in [6, 6.07) is 8.67. The van der Waals surface area contributed by atoms with Crippen LogP contribution in [0.1, 0.15) is 29.8 Å². The first-order valence-corrected chi connectivity index (χ1v) is 9.54. The van der Waals surface area contributed by atoms with Gasteiger partial charge in [0.1, 0.15) is 5.82 Å². The Balaban J connectivity index is 1.36. The number of piperidine rings is 1. The van der Waals surface area contributed by atoms with E-state index in [-0.39, 0.29) is 5.60 Å². The largest absolute Gasteiger partial charge is 0.371 e. The van der Waals surface area contributed by atoms with Crippen molar-refractivity contribution in [1.82, 2.24) is 15.1 Å². The van der Waals surface area contributed by atoms with Gasteiger partial charge in [0.05, 0.1) is 23.9 Å². The van der Waals surface area contributed by atoms with Crippen LogP contribution in [0.25, 0.3) is 0 Å². The SMILES string of the molecule is Cc1ccc(N[C@@H]2CO[C@@]3(CCCN(Cc4cccs4)C3)C2)nn1. The first-order valence-electron chi connectivity index (χ1n) is 8.66. The van der Waals surface area contributed by atoms with Gasteiger partial charge >= 0.3 is 0 Å². The van der Waals surface area contributed by atoms with Crippen LogP contribution in [0.3, 0.4) is 0 Å². The molecule has 1 spiro atoms. The van der Waals surface area contributed by atoms with E-state index in [0.717, 1.165) is 44.0 Å². The molecule has 0 aromatic carbocycles. The van der Waals surface area contributed by atoms with Crippen molar-refractivity contribution in [3.8, 4) is 0 Å². The highest BCUT2D eigenvalue weighted by molar-refractivity contribution is 7.09. The van der Waals surface area contributed by atoms with Gasteiger partial charge in [0, 0.05) is 24.4 Å². The summed E-state index contributed by atoms with van der Waals surface area (Å²) in [4.78, 5) is 3.98. The lowest BCUT2D eigenvalue weighted by Crippen LogP contribution is -2.47. The number of hydrogen-bond acceptors (Lipinski definition) is 6. The van der Waals surface area contributed by atoms with Gasteiger partial charge in [0.15, 0.2) is 0 Å². The molecule has 6 heteroatoms. The van der Waals surface area contributed by atoms with Crippen molar-refractivity contribution < 1.29 is 4.74 Å². The van der Waals surface area contributed by atoms with Crippen LogP contribution in [0.15, 0.2) is 29.6 Å². The first-order chi connectivity index (χ1) is 11.7. The van der Waals surface area contributed by atoms with Gasteiger partial charge in [-0.15, -0.1) is 16.4 Å². The number of likely N-dealkylation sites (tertiary alicyclic amines) is 1. The number of aromatic nitrogens is 2. The highest BCUT2D eigenvalue weighted by Crippen LogP contribution is 2.36. The quantitative estimate of drug-likeness (QED) is 0.924. The van der Waals surface area contributed by atoms with Crippen LogP contribution in [0.4, 0.5) is 5.82 Å². The number of nitrogens with zero attached hydrogens (tertiary/aromatic N) is 3. The van der Waals surface area contributed by atoms with Crippen LogP contribution in [0.5, 0.6) is 0 Å². The fraction of sp³-hybridized carbons (Fsp3) is 0.556. The molecule has 2 aromatic rings. The summed E-state index contributed by atoms with van der Waals surface area (Å²) >= 11 is 1.84. The van der Waals surface area contributed by atoms with Crippen molar-refractivity contribution in [2.24, 2.45) is 0 Å². The minimum Gasteiger partial charge on any atom is -0.371 e. The van der Waals surface area contributed by atoms with Crippen molar-refractivity contribution in [3.63, 3.8) is 0 Å². The average Bonchev–Trinajstić information content (AvgIpc) is 3.21. The normalized spacial score (nSPS) is 27.6. The average molecular weight is 344 g/mol. The topological polar surface area (TPSA) is 50.3 Å². The maximum absolute atomic E-state index is 6.29. The van der Waals surface area contributed by atoms with Crippen molar-refractivity contribution in [3.05, 3.63) is 40.2 Å². The molecular weight excluding hydrogens is 320 g/mol. The summed E-state index contributed by atoms with van der Waals surface area (Å²) in [6.45, 7) is 5.95. The molecule has 1 N–H and O–H groups in total. The molecule has 0 amide bonds. The molecular formula is C18H24N4OS. The van der Waals surface area contributed by atoms with Crippen molar-refractivity contribution in [1.29, 1.82) is 0 Å². The zero-order chi connectivity index (χ0) is 16.4. The number of anilines is 1. The Bertz CT molecular complexity index is 660. The summed E-state index contributed by atoms with van der Waals surface area (Å²) in [5.41, 5.74) is 0.946. The lowest BCUT2D eigenvalue weighted by molar-refractivity contribution is -0.0531. The smallest absolute Gasteiger partial charge is 0.148 e. The Morgan fingerprint density at radius 2 is 2.33 bits per heavy atom. The van der Waals surface area contributed by atoms with Crippen LogP contribution in [-0.2, 0) is 11.3 Å². The molecule has 2 fully saturated rings. The van der Waals surface area contributed by atoms with Crippen LogP contribution in [0, 0.1) is 6.92 Å². The summed E-state index contributed by atoms with van der Waals surface area (Å²) in [7, 11) is 0. The van der Waals surface area contributed by atoms with E-state index in [4.69, 9.17) is 4.74 Å². The molecule has 4 rings (SSSR count). The molecule has 2 atom stereocenters. The number of thiophene rings is 1. The molecule has 2 aliphatic rings. The molecule has 5 nitrogen and oxygen atoms in total. The lowest BCUT2D eigenvalue weighted by Gasteiger charge is -2.39. The van der Waals surface area contributed by atoms with Crippen LogP contribution in [0.2, 0.25) is 0 Å². The van der Waals surface area contributed by atoms with Gasteiger partial charge in [0.2, 0.25) is 0 Å². The molecule has 128 valence electrons. The van der Waals surface area contributed by atoms with Crippen molar-refractivity contribution >= 4 is 17.2 Å². The number of hydrogen-bond donors (Lipinski definition) is 1. The minimum atomic E-state index is 0.00526. The third-order valence-electron chi connectivity index (χ3n) is 4.94. The highest BCUT2D eigenvalue weighted by atomic mass is 32.1. The zero-order valence-corrected chi connectivity index (χ0v) is 14.9. The first kappa shape index (κ1) is 16.0. The van der Waals surface area contributed by atoms with Crippen LogP contribution in [-0.4, -0.2) is 46.4 Å². The number of ether oxygens (including phenoxy) is 1. The Hall–Kier alpha value is -1.50. The predicted octanol–water partition coefficient (Wildman–Crippen LogP) is 3.08. The maximum atomic E-state index is 6.29. The van der Waals surface area contributed by atoms with E-state index >= 15 is 0 Å². The van der Waals surface area contributed by atoms with E-state index in [1.165, 1.54) is 17.8 Å². The Labute approximate surface area is 147 Å². The third kappa shape index (κ3) is 3.61.